The topological polar surface area (TPSA) is 76.5 Å². The fourth-order valence-electron chi connectivity index (χ4n) is 3.77. The molecule has 2 heterocycles. The second kappa shape index (κ2) is 9.04. The summed E-state index contributed by atoms with van der Waals surface area (Å²) in [5.74, 6) is 1.41. The first-order chi connectivity index (χ1) is 15.0. The maximum absolute atomic E-state index is 12.7. The zero-order valence-corrected chi connectivity index (χ0v) is 17.8. The van der Waals surface area contributed by atoms with Crippen molar-refractivity contribution in [2.45, 2.75) is 32.7 Å². The van der Waals surface area contributed by atoms with Crippen LogP contribution in [0.1, 0.15) is 25.0 Å². The van der Waals surface area contributed by atoms with Crippen LogP contribution in [0.25, 0.3) is 11.1 Å². The monoisotopic (exact) mass is 418 g/mol. The number of ether oxygens (including phenoxy) is 1. The standard InChI is InChI=1S/C24H26N4O3/c1-17-16-23-27(14-3-15-28(23)26-17)24(30)13-12-22(29)25-20-8-4-18(5-9-20)19-6-10-21(31-2)11-7-19/h4-11,16H,3,12-15H2,1-2H3,(H,25,29). The summed E-state index contributed by atoms with van der Waals surface area (Å²) in [5, 5.41) is 7.28. The minimum atomic E-state index is -0.174. The summed E-state index contributed by atoms with van der Waals surface area (Å²) in [6, 6.07) is 17.4. The average molecular weight is 418 g/mol. The van der Waals surface area contributed by atoms with E-state index in [0.29, 0.717) is 12.2 Å². The molecule has 160 valence electrons. The van der Waals surface area contributed by atoms with Crippen LogP contribution in [0.4, 0.5) is 11.5 Å². The number of aryl methyl sites for hydroxylation is 2. The maximum Gasteiger partial charge on any atom is 0.228 e. The number of carbonyl (C=O) groups excluding carboxylic acids is 2. The molecule has 1 aliphatic rings. The van der Waals surface area contributed by atoms with Crippen molar-refractivity contribution in [1.82, 2.24) is 9.78 Å². The van der Waals surface area contributed by atoms with Crippen LogP contribution in [0.2, 0.25) is 0 Å². The van der Waals surface area contributed by atoms with Gasteiger partial charge in [-0.1, -0.05) is 24.3 Å². The molecule has 7 nitrogen and oxygen atoms in total. The third kappa shape index (κ3) is 4.77. The van der Waals surface area contributed by atoms with E-state index in [1.165, 1.54) is 0 Å². The first-order valence-corrected chi connectivity index (χ1v) is 10.4. The molecule has 0 unspecified atom stereocenters. The van der Waals surface area contributed by atoms with E-state index in [0.717, 1.165) is 41.4 Å². The molecule has 0 saturated heterocycles. The molecule has 0 aliphatic carbocycles. The van der Waals surface area contributed by atoms with E-state index >= 15 is 0 Å². The van der Waals surface area contributed by atoms with Crippen molar-refractivity contribution in [2.24, 2.45) is 0 Å². The van der Waals surface area contributed by atoms with Gasteiger partial charge in [0.25, 0.3) is 0 Å². The summed E-state index contributed by atoms with van der Waals surface area (Å²) in [7, 11) is 1.64. The number of anilines is 2. The summed E-state index contributed by atoms with van der Waals surface area (Å²) < 4.78 is 7.05. The van der Waals surface area contributed by atoms with Crippen LogP contribution >= 0.6 is 0 Å². The summed E-state index contributed by atoms with van der Waals surface area (Å²) in [6.07, 6.45) is 1.18. The van der Waals surface area contributed by atoms with E-state index in [-0.39, 0.29) is 24.7 Å². The zero-order chi connectivity index (χ0) is 21.8. The highest BCUT2D eigenvalue weighted by molar-refractivity contribution is 5.98. The van der Waals surface area contributed by atoms with Crippen LogP contribution in [0.15, 0.2) is 54.6 Å². The summed E-state index contributed by atoms with van der Waals surface area (Å²) in [6.45, 7) is 3.40. The predicted molar refractivity (Wildman–Crippen MR) is 120 cm³/mol. The van der Waals surface area contributed by atoms with E-state index in [9.17, 15) is 9.59 Å². The summed E-state index contributed by atoms with van der Waals surface area (Å²) in [4.78, 5) is 26.8. The number of benzene rings is 2. The Morgan fingerprint density at radius 2 is 1.68 bits per heavy atom. The Balaban J connectivity index is 1.31. The quantitative estimate of drug-likeness (QED) is 0.656. The summed E-state index contributed by atoms with van der Waals surface area (Å²) in [5.41, 5.74) is 3.72. The van der Waals surface area contributed by atoms with Crippen LogP contribution in [-0.2, 0) is 16.1 Å². The maximum atomic E-state index is 12.7. The second-order valence-corrected chi connectivity index (χ2v) is 7.62. The van der Waals surface area contributed by atoms with Gasteiger partial charge < -0.3 is 10.1 Å². The first kappa shape index (κ1) is 20.7. The predicted octanol–water partition coefficient (Wildman–Crippen LogP) is 4.02. The molecule has 31 heavy (non-hydrogen) atoms. The molecule has 1 aromatic heterocycles. The van der Waals surface area contributed by atoms with Gasteiger partial charge in [0.1, 0.15) is 11.6 Å². The highest BCUT2D eigenvalue weighted by Crippen LogP contribution is 2.25. The number of methoxy groups -OCH3 is 1. The van der Waals surface area contributed by atoms with Crippen molar-refractivity contribution >= 4 is 23.3 Å². The van der Waals surface area contributed by atoms with Gasteiger partial charge in [-0.05, 0) is 48.7 Å². The van der Waals surface area contributed by atoms with Gasteiger partial charge in [-0.25, -0.2) is 4.68 Å². The molecular formula is C24H26N4O3. The minimum absolute atomic E-state index is 0.0501. The first-order valence-electron chi connectivity index (χ1n) is 10.4. The van der Waals surface area contributed by atoms with Crippen molar-refractivity contribution in [3.63, 3.8) is 0 Å². The van der Waals surface area contributed by atoms with Crippen molar-refractivity contribution in [3.05, 3.63) is 60.3 Å². The van der Waals surface area contributed by atoms with E-state index < -0.39 is 0 Å². The molecule has 0 saturated carbocycles. The third-order valence-electron chi connectivity index (χ3n) is 5.37. The van der Waals surface area contributed by atoms with Crippen molar-refractivity contribution in [1.29, 1.82) is 0 Å². The lowest BCUT2D eigenvalue weighted by atomic mass is 10.1. The number of carbonyl (C=O) groups is 2. The van der Waals surface area contributed by atoms with E-state index in [2.05, 4.69) is 10.4 Å². The van der Waals surface area contributed by atoms with Gasteiger partial charge in [-0.3, -0.25) is 14.5 Å². The van der Waals surface area contributed by atoms with Crippen molar-refractivity contribution < 1.29 is 14.3 Å². The highest BCUT2D eigenvalue weighted by Gasteiger charge is 2.24. The summed E-state index contributed by atoms with van der Waals surface area (Å²) >= 11 is 0. The fraction of sp³-hybridized carbons (Fsp3) is 0.292. The number of rotatable bonds is 6. The molecule has 2 aromatic carbocycles. The zero-order valence-electron chi connectivity index (χ0n) is 17.8. The molecular weight excluding hydrogens is 392 g/mol. The van der Waals surface area contributed by atoms with Gasteiger partial charge in [0.15, 0.2) is 0 Å². The molecule has 1 N–H and O–H groups in total. The lowest BCUT2D eigenvalue weighted by Crippen LogP contribution is -2.37. The normalized spacial score (nSPS) is 12.9. The molecule has 0 spiro atoms. The van der Waals surface area contributed by atoms with Gasteiger partial charge >= 0.3 is 0 Å². The Morgan fingerprint density at radius 3 is 2.35 bits per heavy atom. The fourth-order valence-corrected chi connectivity index (χ4v) is 3.77. The van der Waals surface area contributed by atoms with Crippen LogP contribution in [0.5, 0.6) is 5.75 Å². The average Bonchev–Trinajstić information content (AvgIpc) is 3.18. The number of hydrogen-bond acceptors (Lipinski definition) is 4. The molecule has 3 aromatic rings. The lowest BCUT2D eigenvalue weighted by molar-refractivity contribution is -0.122. The number of nitrogens with zero attached hydrogens (tertiary/aromatic N) is 3. The molecule has 0 radical (unpaired) electrons. The molecule has 4 rings (SSSR count). The molecule has 0 bridgehead atoms. The Bertz CT molecular complexity index is 1070. The highest BCUT2D eigenvalue weighted by atomic mass is 16.5. The van der Waals surface area contributed by atoms with Gasteiger partial charge in [-0.2, -0.15) is 5.10 Å². The molecule has 2 amide bonds. The molecule has 7 heteroatoms. The molecule has 0 atom stereocenters. The number of aromatic nitrogens is 2. The van der Waals surface area contributed by atoms with Gasteiger partial charge in [-0.15, -0.1) is 0 Å². The molecule has 1 aliphatic heterocycles. The Labute approximate surface area is 181 Å². The van der Waals surface area contributed by atoms with E-state index in [1.807, 2.05) is 66.2 Å². The van der Waals surface area contributed by atoms with Gasteiger partial charge in [0.05, 0.1) is 12.8 Å². The van der Waals surface area contributed by atoms with Crippen LogP contribution < -0.4 is 15.0 Å². The van der Waals surface area contributed by atoms with E-state index in [1.54, 1.807) is 12.0 Å². The Hall–Kier alpha value is -3.61. The van der Waals surface area contributed by atoms with Gasteiger partial charge in [0, 0.05) is 37.7 Å². The van der Waals surface area contributed by atoms with Crippen molar-refractivity contribution in [3.8, 4) is 16.9 Å². The smallest absolute Gasteiger partial charge is 0.228 e. The van der Waals surface area contributed by atoms with Gasteiger partial charge in [0.2, 0.25) is 11.8 Å². The Kier molecular flexibility index (Phi) is 6.02. The van der Waals surface area contributed by atoms with Crippen molar-refractivity contribution in [2.75, 3.05) is 23.9 Å². The number of fused-ring (bicyclic) bond motifs is 1. The number of nitrogens with one attached hydrogen (secondary N) is 1. The van der Waals surface area contributed by atoms with E-state index in [4.69, 9.17) is 4.74 Å². The number of amides is 2. The lowest BCUT2D eigenvalue weighted by Gasteiger charge is -2.27. The SMILES string of the molecule is COc1ccc(-c2ccc(NC(=O)CCC(=O)N3CCCn4nc(C)cc43)cc2)cc1. The minimum Gasteiger partial charge on any atom is -0.497 e. The van der Waals surface area contributed by atoms with Crippen LogP contribution in [0.3, 0.4) is 0 Å². The third-order valence-corrected chi connectivity index (χ3v) is 5.37. The Morgan fingerprint density at radius 1 is 1.00 bits per heavy atom. The molecule has 0 fully saturated rings. The van der Waals surface area contributed by atoms with Crippen LogP contribution in [0, 0.1) is 6.92 Å². The second-order valence-electron chi connectivity index (χ2n) is 7.62. The largest absolute Gasteiger partial charge is 0.497 e. The number of hydrogen-bond donors (Lipinski definition) is 1. The van der Waals surface area contributed by atoms with Crippen LogP contribution in [-0.4, -0.2) is 35.2 Å².